The van der Waals surface area contributed by atoms with Crippen molar-refractivity contribution < 1.29 is 9.90 Å². The molecule has 3 N–H and O–H groups in total. The number of rotatable bonds is 4. The van der Waals surface area contributed by atoms with Crippen LogP contribution in [-0.4, -0.2) is 16.6 Å². The fraction of sp³-hybridized carbons (Fsp3) is 0.364. The maximum absolute atomic E-state index is 10.5. The Bertz CT molecular complexity index is 306. The summed E-state index contributed by atoms with van der Waals surface area (Å²) in [5.74, 6) is -0.856. The molecule has 0 saturated carbocycles. The van der Waals surface area contributed by atoms with Crippen LogP contribution in [0.3, 0.4) is 0 Å². The smallest absolute Gasteiger partial charge is 0.305 e. The van der Waals surface area contributed by atoms with Crippen LogP contribution in [0.2, 0.25) is 0 Å². The second kappa shape index (κ2) is 4.24. The van der Waals surface area contributed by atoms with Crippen molar-refractivity contribution in [3.8, 4) is 0 Å². The molecule has 0 aromatic heterocycles. The van der Waals surface area contributed by atoms with Crippen LogP contribution in [0.25, 0.3) is 0 Å². The topological polar surface area (TPSA) is 63.3 Å². The van der Waals surface area contributed by atoms with Crippen molar-refractivity contribution in [2.24, 2.45) is 5.73 Å². The molecule has 0 heterocycles. The van der Waals surface area contributed by atoms with Gasteiger partial charge in [-0.05, 0) is 18.9 Å². The van der Waals surface area contributed by atoms with Crippen molar-refractivity contribution in [1.29, 1.82) is 0 Å². The van der Waals surface area contributed by atoms with Crippen LogP contribution in [-0.2, 0) is 11.2 Å². The minimum absolute atomic E-state index is 0.0120. The van der Waals surface area contributed by atoms with Gasteiger partial charge < -0.3 is 10.8 Å². The number of aliphatic carboxylic acids is 1. The Kier molecular flexibility index (Phi) is 3.25. The van der Waals surface area contributed by atoms with E-state index in [0.717, 1.165) is 5.56 Å². The molecule has 0 bridgehead atoms. The molecule has 0 spiro atoms. The maximum Gasteiger partial charge on any atom is 0.305 e. The molecule has 3 heteroatoms. The summed E-state index contributed by atoms with van der Waals surface area (Å²) in [5, 5.41) is 8.65. The molecular weight excluding hydrogens is 178 g/mol. The van der Waals surface area contributed by atoms with E-state index in [9.17, 15) is 4.79 Å². The lowest BCUT2D eigenvalue weighted by Crippen LogP contribution is -2.40. The van der Waals surface area contributed by atoms with E-state index in [1.165, 1.54) is 0 Å². The standard InChI is InChI=1S/C11H15NO2/c1-11(12,8-10(13)14)7-9-5-3-2-4-6-9/h2-6H,7-8,12H2,1H3,(H,13,14)/t11-/m1/s1. The lowest BCUT2D eigenvalue weighted by Gasteiger charge is -2.22. The van der Waals surface area contributed by atoms with Crippen molar-refractivity contribution in [2.75, 3.05) is 0 Å². The monoisotopic (exact) mass is 193 g/mol. The van der Waals surface area contributed by atoms with E-state index >= 15 is 0 Å². The number of benzene rings is 1. The zero-order valence-electron chi connectivity index (χ0n) is 8.23. The first-order valence-electron chi connectivity index (χ1n) is 4.54. The van der Waals surface area contributed by atoms with Crippen molar-refractivity contribution in [1.82, 2.24) is 0 Å². The Morgan fingerprint density at radius 3 is 2.50 bits per heavy atom. The molecular formula is C11H15NO2. The van der Waals surface area contributed by atoms with Crippen LogP contribution in [0.1, 0.15) is 18.9 Å². The molecule has 14 heavy (non-hydrogen) atoms. The van der Waals surface area contributed by atoms with Crippen LogP contribution < -0.4 is 5.73 Å². The molecule has 0 aliphatic rings. The van der Waals surface area contributed by atoms with E-state index in [-0.39, 0.29) is 6.42 Å². The Morgan fingerprint density at radius 2 is 2.00 bits per heavy atom. The molecule has 0 radical (unpaired) electrons. The fourth-order valence-electron chi connectivity index (χ4n) is 1.47. The van der Waals surface area contributed by atoms with Crippen molar-refractivity contribution in [3.63, 3.8) is 0 Å². The lowest BCUT2D eigenvalue weighted by molar-refractivity contribution is -0.138. The third-order valence-electron chi connectivity index (χ3n) is 2.01. The Hall–Kier alpha value is -1.35. The van der Waals surface area contributed by atoms with Gasteiger partial charge in [-0.25, -0.2) is 0 Å². The van der Waals surface area contributed by atoms with E-state index in [1.807, 2.05) is 30.3 Å². The van der Waals surface area contributed by atoms with Gasteiger partial charge in [0.1, 0.15) is 0 Å². The summed E-state index contributed by atoms with van der Waals surface area (Å²) in [6.45, 7) is 1.76. The quantitative estimate of drug-likeness (QED) is 0.760. The maximum atomic E-state index is 10.5. The van der Waals surface area contributed by atoms with Crippen LogP contribution in [0.5, 0.6) is 0 Å². The molecule has 0 fully saturated rings. The summed E-state index contributed by atoms with van der Waals surface area (Å²) in [5.41, 5.74) is 6.26. The van der Waals surface area contributed by atoms with Crippen LogP contribution >= 0.6 is 0 Å². The van der Waals surface area contributed by atoms with Gasteiger partial charge in [0.15, 0.2) is 0 Å². The lowest BCUT2D eigenvalue weighted by atomic mass is 9.91. The molecule has 76 valence electrons. The van der Waals surface area contributed by atoms with E-state index in [2.05, 4.69) is 0 Å². The minimum atomic E-state index is -0.856. The first kappa shape index (κ1) is 10.7. The fourth-order valence-corrected chi connectivity index (χ4v) is 1.47. The highest BCUT2D eigenvalue weighted by Gasteiger charge is 2.22. The molecule has 1 aromatic carbocycles. The van der Waals surface area contributed by atoms with E-state index in [1.54, 1.807) is 6.92 Å². The summed E-state index contributed by atoms with van der Waals surface area (Å²) in [7, 11) is 0. The molecule has 1 atom stereocenters. The molecule has 0 amide bonds. The average molecular weight is 193 g/mol. The second-order valence-electron chi connectivity index (χ2n) is 3.89. The highest BCUT2D eigenvalue weighted by atomic mass is 16.4. The number of hydrogen-bond donors (Lipinski definition) is 2. The Balaban J connectivity index is 2.63. The highest BCUT2D eigenvalue weighted by molar-refractivity contribution is 5.68. The van der Waals surface area contributed by atoms with Gasteiger partial charge in [0.2, 0.25) is 0 Å². The van der Waals surface area contributed by atoms with Crippen LogP contribution in [0, 0.1) is 0 Å². The third-order valence-corrected chi connectivity index (χ3v) is 2.01. The van der Waals surface area contributed by atoms with Gasteiger partial charge in [0, 0.05) is 5.54 Å². The first-order valence-corrected chi connectivity index (χ1v) is 4.54. The minimum Gasteiger partial charge on any atom is -0.481 e. The number of carboxylic acids is 1. The molecule has 0 unspecified atom stereocenters. The summed E-state index contributed by atoms with van der Waals surface area (Å²) >= 11 is 0. The number of carboxylic acid groups (broad SMARTS) is 1. The summed E-state index contributed by atoms with van der Waals surface area (Å²) < 4.78 is 0. The second-order valence-corrected chi connectivity index (χ2v) is 3.89. The molecule has 1 rings (SSSR count). The summed E-state index contributed by atoms with van der Waals surface area (Å²) in [6, 6.07) is 9.67. The van der Waals surface area contributed by atoms with Gasteiger partial charge >= 0.3 is 5.97 Å². The van der Waals surface area contributed by atoms with Gasteiger partial charge in [-0.2, -0.15) is 0 Å². The van der Waals surface area contributed by atoms with E-state index < -0.39 is 11.5 Å². The Labute approximate surface area is 83.6 Å². The van der Waals surface area contributed by atoms with Gasteiger partial charge in [0.25, 0.3) is 0 Å². The zero-order valence-corrected chi connectivity index (χ0v) is 8.23. The summed E-state index contributed by atoms with van der Waals surface area (Å²) in [6.07, 6.45) is 0.571. The van der Waals surface area contributed by atoms with Crippen LogP contribution in [0.15, 0.2) is 30.3 Å². The Morgan fingerprint density at radius 1 is 1.43 bits per heavy atom. The van der Waals surface area contributed by atoms with Crippen molar-refractivity contribution >= 4 is 5.97 Å². The third kappa shape index (κ3) is 3.58. The van der Waals surface area contributed by atoms with E-state index in [4.69, 9.17) is 10.8 Å². The highest BCUT2D eigenvalue weighted by Crippen LogP contribution is 2.13. The van der Waals surface area contributed by atoms with Crippen molar-refractivity contribution in [2.45, 2.75) is 25.3 Å². The van der Waals surface area contributed by atoms with E-state index in [0.29, 0.717) is 6.42 Å². The molecule has 3 nitrogen and oxygen atoms in total. The molecule has 0 aliphatic carbocycles. The van der Waals surface area contributed by atoms with Gasteiger partial charge in [-0.15, -0.1) is 0 Å². The van der Waals surface area contributed by atoms with Gasteiger partial charge in [0.05, 0.1) is 6.42 Å². The zero-order chi connectivity index (χ0) is 10.6. The van der Waals surface area contributed by atoms with Crippen molar-refractivity contribution in [3.05, 3.63) is 35.9 Å². The average Bonchev–Trinajstić information content (AvgIpc) is 2.02. The molecule has 0 aliphatic heterocycles. The van der Waals surface area contributed by atoms with Gasteiger partial charge in [-0.3, -0.25) is 4.79 Å². The predicted molar refractivity (Wildman–Crippen MR) is 55.0 cm³/mol. The van der Waals surface area contributed by atoms with Crippen LogP contribution in [0.4, 0.5) is 0 Å². The SMILES string of the molecule is C[C@](N)(CC(=O)O)Cc1ccccc1. The van der Waals surface area contributed by atoms with Gasteiger partial charge in [-0.1, -0.05) is 30.3 Å². The number of carbonyl (C=O) groups is 1. The first-order chi connectivity index (χ1) is 6.49. The number of hydrogen-bond acceptors (Lipinski definition) is 2. The molecule has 1 aromatic rings. The largest absolute Gasteiger partial charge is 0.481 e. The normalized spacial score (nSPS) is 14.7. The predicted octanol–water partition coefficient (Wildman–Crippen LogP) is 1.42. The number of nitrogens with two attached hydrogens (primary N) is 1. The molecule has 0 saturated heterocycles. The summed E-state index contributed by atoms with van der Waals surface area (Å²) in [4.78, 5) is 10.5.